The number of carbonyl (C=O) groups is 1. The molecule has 2 N–H and O–H groups in total. The summed E-state index contributed by atoms with van der Waals surface area (Å²) < 4.78 is 11.5. The molecule has 8 atom stereocenters. The van der Waals surface area contributed by atoms with Crippen LogP contribution in [0.4, 0.5) is 0 Å². The molecule has 4 aliphatic carbocycles. The highest BCUT2D eigenvalue weighted by Gasteiger charge is 2.74. The predicted molar refractivity (Wildman–Crippen MR) is 90.7 cm³/mol. The number of allylic oxidation sites excluding steroid dienone is 4. The Kier molecular flexibility index (Phi) is 3.46. The number of fused-ring (bicyclic) bond motifs is 7. The molecule has 3 saturated carbocycles. The molecular formula is C20H26O6. The van der Waals surface area contributed by atoms with E-state index in [2.05, 4.69) is 13.8 Å². The van der Waals surface area contributed by atoms with Crippen LogP contribution in [0.25, 0.3) is 0 Å². The van der Waals surface area contributed by atoms with Crippen LogP contribution in [-0.2, 0) is 19.2 Å². The predicted octanol–water partition coefficient (Wildman–Crippen LogP) is 2.43. The summed E-state index contributed by atoms with van der Waals surface area (Å²) in [4.78, 5) is 16.8. The molecule has 6 nitrogen and oxygen atoms in total. The standard InChI is InChI=1S/C20H26O6/c1-18-6-5-12(21)7-11(18)3-4-13-14-8-16-20(26-23,25-10-24-16)19(14,2)9-15(22)17(13)18/h5-7,13-17,22-23H,3-4,8-10H2,1-2H3/t13-,14-,15-,16+,17+,18-,19-,20-/m0/s1. The molecule has 5 aliphatic rings. The second-order valence-corrected chi connectivity index (χ2v) is 9.12. The summed E-state index contributed by atoms with van der Waals surface area (Å²) >= 11 is 0. The zero-order chi connectivity index (χ0) is 18.3. The summed E-state index contributed by atoms with van der Waals surface area (Å²) in [6.45, 7) is 4.30. The van der Waals surface area contributed by atoms with E-state index in [-0.39, 0.29) is 41.8 Å². The van der Waals surface area contributed by atoms with E-state index in [1.54, 1.807) is 12.2 Å². The van der Waals surface area contributed by atoms with Gasteiger partial charge in [-0.15, -0.1) is 0 Å². The zero-order valence-electron chi connectivity index (χ0n) is 15.2. The zero-order valence-corrected chi connectivity index (χ0v) is 15.2. The van der Waals surface area contributed by atoms with Crippen LogP contribution in [0.5, 0.6) is 0 Å². The summed E-state index contributed by atoms with van der Waals surface area (Å²) in [5.41, 5.74) is 0.312. The van der Waals surface area contributed by atoms with Crippen molar-refractivity contribution < 1.29 is 29.5 Å². The second kappa shape index (κ2) is 5.26. The molecule has 0 unspecified atom stereocenters. The molecule has 1 saturated heterocycles. The van der Waals surface area contributed by atoms with Gasteiger partial charge >= 0.3 is 0 Å². The van der Waals surface area contributed by atoms with E-state index in [0.29, 0.717) is 6.42 Å². The van der Waals surface area contributed by atoms with Crippen molar-refractivity contribution in [1.29, 1.82) is 0 Å². The maximum absolute atomic E-state index is 11.8. The molecule has 5 rings (SSSR count). The van der Waals surface area contributed by atoms with Gasteiger partial charge in [-0.05, 0) is 49.7 Å². The molecule has 0 radical (unpaired) electrons. The highest BCUT2D eigenvalue weighted by molar-refractivity contribution is 6.01. The van der Waals surface area contributed by atoms with Crippen LogP contribution in [-0.4, -0.2) is 40.9 Å². The van der Waals surface area contributed by atoms with Crippen molar-refractivity contribution >= 4 is 5.78 Å². The Balaban J connectivity index is 1.57. The van der Waals surface area contributed by atoms with Gasteiger partial charge in [-0.25, -0.2) is 10.1 Å². The van der Waals surface area contributed by atoms with Gasteiger partial charge in [0.15, 0.2) is 12.6 Å². The Morgan fingerprint density at radius 3 is 2.92 bits per heavy atom. The molecule has 26 heavy (non-hydrogen) atoms. The first-order valence-corrected chi connectivity index (χ1v) is 9.56. The number of ketones is 1. The van der Waals surface area contributed by atoms with Crippen LogP contribution in [0.3, 0.4) is 0 Å². The van der Waals surface area contributed by atoms with Crippen LogP contribution in [0.2, 0.25) is 0 Å². The van der Waals surface area contributed by atoms with Crippen LogP contribution in [0, 0.1) is 28.6 Å². The minimum atomic E-state index is -1.20. The van der Waals surface area contributed by atoms with Crippen LogP contribution < -0.4 is 0 Å². The Hall–Kier alpha value is -1.05. The lowest BCUT2D eigenvalue weighted by Gasteiger charge is -2.59. The molecule has 4 fully saturated rings. The van der Waals surface area contributed by atoms with Gasteiger partial charge < -0.3 is 14.6 Å². The van der Waals surface area contributed by atoms with Crippen LogP contribution in [0.15, 0.2) is 23.8 Å². The number of aliphatic hydroxyl groups excluding tert-OH is 1. The van der Waals surface area contributed by atoms with E-state index in [1.165, 1.54) is 0 Å². The highest BCUT2D eigenvalue weighted by atomic mass is 17.2. The number of carbonyl (C=O) groups excluding carboxylic acids is 1. The fraction of sp³-hybridized carbons (Fsp3) is 0.750. The van der Waals surface area contributed by atoms with Gasteiger partial charge in [0.05, 0.1) is 6.10 Å². The molecule has 0 aromatic rings. The average molecular weight is 362 g/mol. The van der Waals surface area contributed by atoms with Crippen molar-refractivity contribution in [2.45, 2.75) is 57.5 Å². The average Bonchev–Trinajstić information content (AvgIpc) is 3.11. The molecule has 1 aliphatic heterocycles. The first kappa shape index (κ1) is 17.1. The minimum absolute atomic E-state index is 0.0379. The van der Waals surface area contributed by atoms with Crippen molar-refractivity contribution in [3.63, 3.8) is 0 Å². The monoisotopic (exact) mass is 362 g/mol. The summed E-state index contributed by atoms with van der Waals surface area (Å²) in [5, 5.41) is 21.0. The highest BCUT2D eigenvalue weighted by Crippen LogP contribution is 2.69. The number of hydrogen-bond donors (Lipinski definition) is 2. The van der Waals surface area contributed by atoms with Crippen molar-refractivity contribution in [2.24, 2.45) is 28.6 Å². The fourth-order valence-electron chi connectivity index (χ4n) is 7.09. The van der Waals surface area contributed by atoms with Crippen molar-refractivity contribution in [2.75, 3.05) is 6.79 Å². The molecule has 0 aromatic heterocycles. The molecular weight excluding hydrogens is 336 g/mol. The third-order valence-corrected chi connectivity index (χ3v) is 8.25. The van der Waals surface area contributed by atoms with Crippen molar-refractivity contribution in [1.82, 2.24) is 0 Å². The first-order chi connectivity index (χ1) is 12.4. The summed E-state index contributed by atoms with van der Waals surface area (Å²) in [7, 11) is 0. The molecule has 6 heteroatoms. The van der Waals surface area contributed by atoms with E-state index < -0.39 is 17.3 Å². The third kappa shape index (κ3) is 1.82. The minimum Gasteiger partial charge on any atom is -0.393 e. The van der Waals surface area contributed by atoms with E-state index in [0.717, 1.165) is 24.8 Å². The molecule has 0 amide bonds. The van der Waals surface area contributed by atoms with Crippen molar-refractivity contribution in [3.8, 4) is 0 Å². The Labute approximate surface area is 152 Å². The van der Waals surface area contributed by atoms with Gasteiger partial charge in [0, 0.05) is 16.7 Å². The van der Waals surface area contributed by atoms with Crippen LogP contribution in [0.1, 0.15) is 39.5 Å². The Morgan fingerprint density at radius 1 is 1.35 bits per heavy atom. The van der Waals surface area contributed by atoms with Gasteiger partial charge in [0.2, 0.25) is 5.79 Å². The van der Waals surface area contributed by atoms with E-state index in [4.69, 9.17) is 14.4 Å². The molecule has 0 spiro atoms. The summed E-state index contributed by atoms with van der Waals surface area (Å²) in [6.07, 6.45) is 7.50. The van der Waals surface area contributed by atoms with Gasteiger partial charge in [-0.2, -0.15) is 0 Å². The normalized spacial score (nSPS) is 55.0. The van der Waals surface area contributed by atoms with Crippen LogP contribution >= 0.6 is 0 Å². The lowest BCUT2D eigenvalue weighted by Crippen LogP contribution is -2.61. The largest absolute Gasteiger partial charge is 0.393 e. The van der Waals surface area contributed by atoms with Gasteiger partial charge in [-0.1, -0.05) is 25.5 Å². The molecule has 1 heterocycles. The van der Waals surface area contributed by atoms with E-state index in [1.807, 2.05) is 6.08 Å². The van der Waals surface area contributed by atoms with E-state index in [9.17, 15) is 15.2 Å². The summed E-state index contributed by atoms with van der Waals surface area (Å²) in [6, 6.07) is 0. The first-order valence-electron chi connectivity index (χ1n) is 9.56. The second-order valence-electron chi connectivity index (χ2n) is 9.12. The Bertz CT molecular complexity index is 715. The smallest absolute Gasteiger partial charge is 0.235 e. The maximum atomic E-state index is 11.8. The number of aliphatic hydroxyl groups is 1. The SMILES string of the molecule is C[C@]12C=CC(=O)C=C1CC[C@@H]1[C@@H]2[C@@H](O)C[C@@]2(C)[C@H]1C[C@H]1OCO[C@]12OO. The fourth-order valence-corrected chi connectivity index (χ4v) is 7.09. The lowest BCUT2D eigenvalue weighted by molar-refractivity contribution is -0.429. The quantitative estimate of drug-likeness (QED) is 0.550. The maximum Gasteiger partial charge on any atom is 0.235 e. The van der Waals surface area contributed by atoms with Gasteiger partial charge in [-0.3, -0.25) is 4.79 Å². The number of rotatable bonds is 1. The molecule has 0 aromatic carbocycles. The Morgan fingerprint density at radius 2 is 2.15 bits per heavy atom. The van der Waals surface area contributed by atoms with Crippen molar-refractivity contribution in [3.05, 3.63) is 23.8 Å². The lowest BCUT2D eigenvalue weighted by atomic mass is 9.47. The topological polar surface area (TPSA) is 85.2 Å². The number of ether oxygens (including phenoxy) is 2. The molecule has 0 bridgehead atoms. The van der Waals surface area contributed by atoms with Gasteiger partial charge in [0.25, 0.3) is 0 Å². The third-order valence-electron chi connectivity index (χ3n) is 8.25. The summed E-state index contributed by atoms with van der Waals surface area (Å²) in [5.74, 6) is -0.638. The van der Waals surface area contributed by atoms with Gasteiger partial charge in [0.1, 0.15) is 6.10 Å². The van der Waals surface area contributed by atoms with E-state index >= 15 is 0 Å². The number of hydrogen-bond acceptors (Lipinski definition) is 6. The molecule has 142 valence electrons.